The van der Waals surface area contributed by atoms with Crippen LogP contribution in [0.2, 0.25) is 0 Å². The minimum Gasteiger partial charge on any atom is -0.322 e. The summed E-state index contributed by atoms with van der Waals surface area (Å²) in [6, 6.07) is 16.6. The number of amides is 3. The first-order chi connectivity index (χ1) is 16.2. The van der Waals surface area contributed by atoms with Crippen LogP contribution in [0.25, 0.3) is 0 Å². The number of alkyl halides is 3. The molecule has 0 saturated carbocycles. The van der Waals surface area contributed by atoms with Crippen LogP contribution in [0.5, 0.6) is 0 Å². The number of nitrogens with one attached hydrogen (secondary N) is 1. The van der Waals surface area contributed by atoms with Gasteiger partial charge in [0.25, 0.3) is 5.91 Å². The highest BCUT2D eigenvalue weighted by Crippen LogP contribution is 2.30. The van der Waals surface area contributed by atoms with Crippen LogP contribution >= 0.6 is 0 Å². The van der Waals surface area contributed by atoms with Crippen LogP contribution in [-0.2, 0) is 12.7 Å². The third kappa shape index (κ3) is 5.36. The van der Waals surface area contributed by atoms with Crippen molar-refractivity contribution in [3.05, 3.63) is 95.3 Å². The summed E-state index contributed by atoms with van der Waals surface area (Å²) in [5.74, 6) is -0.977. The predicted octanol–water partition coefficient (Wildman–Crippen LogP) is 5.93. The van der Waals surface area contributed by atoms with Crippen LogP contribution in [0.15, 0.2) is 72.8 Å². The molecule has 1 saturated heterocycles. The molecule has 9 heteroatoms. The van der Waals surface area contributed by atoms with E-state index in [0.717, 1.165) is 18.2 Å². The van der Waals surface area contributed by atoms with Crippen LogP contribution in [-0.4, -0.2) is 29.9 Å². The SMILES string of the molecule is O=C(Nc1ccc(N2CCCN(Cc3cccc(C(F)(F)F)c3)C2=O)cc1)c1cccc(F)c1. The molecule has 34 heavy (non-hydrogen) atoms. The molecule has 0 atom stereocenters. The average Bonchev–Trinajstić information content (AvgIpc) is 2.81. The Kier molecular flexibility index (Phi) is 6.54. The molecule has 0 radical (unpaired) electrons. The van der Waals surface area contributed by atoms with Gasteiger partial charge in [0.2, 0.25) is 0 Å². The van der Waals surface area contributed by atoms with Gasteiger partial charge in [-0.15, -0.1) is 0 Å². The maximum Gasteiger partial charge on any atom is 0.416 e. The third-order valence-corrected chi connectivity index (χ3v) is 5.46. The number of urea groups is 1. The highest BCUT2D eigenvalue weighted by Gasteiger charge is 2.31. The van der Waals surface area contributed by atoms with Crippen LogP contribution in [0.1, 0.15) is 27.9 Å². The first-order valence-corrected chi connectivity index (χ1v) is 10.6. The van der Waals surface area contributed by atoms with Crippen molar-refractivity contribution < 1.29 is 27.2 Å². The summed E-state index contributed by atoms with van der Waals surface area (Å²) in [6.45, 7) is 0.974. The number of halogens is 4. The summed E-state index contributed by atoms with van der Waals surface area (Å²) in [4.78, 5) is 28.4. The molecule has 1 fully saturated rings. The largest absolute Gasteiger partial charge is 0.416 e. The van der Waals surface area contributed by atoms with Gasteiger partial charge < -0.3 is 10.2 Å². The molecule has 4 rings (SSSR count). The Morgan fingerprint density at radius 3 is 2.38 bits per heavy atom. The van der Waals surface area contributed by atoms with Gasteiger partial charge in [0.15, 0.2) is 0 Å². The van der Waals surface area contributed by atoms with Crippen molar-refractivity contribution in [3.63, 3.8) is 0 Å². The lowest BCUT2D eigenvalue weighted by molar-refractivity contribution is -0.137. The first kappa shape index (κ1) is 23.3. The standard InChI is InChI=1S/C25H21F4N3O2/c26-20-7-2-5-18(15-20)23(33)30-21-8-10-22(11-9-21)32-13-3-12-31(24(32)34)16-17-4-1-6-19(14-17)25(27,28)29/h1-2,4-11,14-15H,3,12-13,16H2,(H,30,33). The van der Waals surface area contributed by atoms with E-state index in [4.69, 9.17) is 0 Å². The number of hydrogen-bond donors (Lipinski definition) is 1. The van der Waals surface area contributed by atoms with E-state index in [1.165, 1.54) is 29.2 Å². The van der Waals surface area contributed by atoms with Gasteiger partial charge in [-0.05, 0) is 66.6 Å². The molecule has 3 aromatic carbocycles. The lowest BCUT2D eigenvalue weighted by atomic mass is 10.1. The molecule has 1 aliphatic heterocycles. The fourth-order valence-corrected chi connectivity index (χ4v) is 3.79. The van der Waals surface area contributed by atoms with Crippen molar-refractivity contribution in [1.82, 2.24) is 4.90 Å². The van der Waals surface area contributed by atoms with E-state index < -0.39 is 23.5 Å². The van der Waals surface area contributed by atoms with Gasteiger partial charge in [0, 0.05) is 36.6 Å². The predicted molar refractivity (Wildman–Crippen MR) is 120 cm³/mol. The number of benzene rings is 3. The minimum atomic E-state index is -4.44. The summed E-state index contributed by atoms with van der Waals surface area (Å²) < 4.78 is 52.3. The molecular weight excluding hydrogens is 450 g/mol. The zero-order valence-electron chi connectivity index (χ0n) is 18.0. The van der Waals surface area contributed by atoms with Gasteiger partial charge in [0.05, 0.1) is 5.56 Å². The quantitative estimate of drug-likeness (QED) is 0.469. The first-order valence-electron chi connectivity index (χ1n) is 10.6. The average molecular weight is 471 g/mol. The zero-order valence-corrected chi connectivity index (χ0v) is 18.0. The van der Waals surface area contributed by atoms with E-state index in [1.54, 1.807) is 35.2 Å². The Hall–Kier alpha value is -3.88. The van der Waals surface area contributed by atoms with Crippen LogP contribution in [0.4, 0.5) is 33.7 Å². The number of anilines is 2. The highest BCUT2D eigenvalue weighted by molar-refractivity contribution is 6.04. The zero-order chi connectivity index (χ0) is 24.3. The second kappa shape index (κ2) is 9.54. The van der Waals surface area contributed by atoms with Crippen LogP contribution in [0.3, 0.4) is 0 Å². The maximum absolute atomic E-state index is 13.3. The van der Waals surface area contributed by atoms with Crippen molar-refractivity contribution in [2.75, 3.05) is 23.3 Å². The third-order valence-electron chi connectivity index (χ3n) is 5.46. The van der Waals surface area contributed by atoms with Crippen molar-refractivity contribution in [1.29, 1.82) is 0 Å². The fourth-order valence-electron chi connectivity index (χ4n) is 3.79. The number of hydrogen-bond acceptors (Lipinski definition) is 2. The van der Waals surface area contributed by atoms with Crippen LogP contribution < -0.4 is 10.2 Å². The molecule has 1 aliphatic rings. The Bertz CT molecular complexity index is 1200. The van der Waals surface area contributed by atoms with Gasteiger partial charge in [0.1, 0.15) is 5.82 Å². The van der Waals surface area contributed by atoms with E-state index in [1.807, 2.05) is 0 Å². The van der Waals surface area contributed by atoms with Gasteiger partial charge in [-0.3, -0.25) is 9.69 Å². The topological polar surface area (TPSA) is 52.7 Å². The molecule has 3 amide bonds. The van der Waals surface area contributed by atoms with Crippen molar-refractivity contribution in [2.24, 2.45) is 0 Å². The monoisotopic (exact) mass is 471 g/mol. The molecule has 5 nitrogen and oxygen atoms in total. The lowest BCUT2D eigenvalue weighted by Gasteiger charge is -2.35. The summed E-state index contributed by atoms with van der Waals surface area (Å²) in [5.41, 5.74) is 0.911. The van der Waals surface area contributed by atoms with Gasteiger partial charge >= 0.3 is 12.2 Å². The van der Waals surface area contributed by atoms with Crippen molar-refractivity contribution >= 4 is 23.3 Å². The summed E-state index contributed by atoms with van der Waals surface area (Å²) in [6.07, 6.45) is -3.79. The number of carbonyl (C=O) groups excluding carboxylic acids is 2. The normalized spacial score (nSPS) is 14.3. The number of carbonyl (C=O) groups is 2. The molecule has 1 N–H and O–H groups in total. The molecule has 176 valence electrons. The number of nitrogens with zero attached hydrogens (tertiary/aromatic N) is 2. The molecule has 0 aromatic heterocycles. The van der Waals surface area contributed by atoms with E-state index >= 15 is 0 Å². The van der Waals surface area contributed by atoms with Crippen molar-refractivity contribution in [3.8, 4) is 0 Å². The molecule has 3 aromatic rings. The Morgan fingerprint density at radius 2 is 1.68 bits per heavy atom. The maximum atomic E-state index is 13.3. The fraction of sp³-hybridized carbons (Fsp3) is 0.200. The molecule has 1 heterocycles. The molecule has 0 aliphatic carbocycles. The lowest BCUT2D eigenvalue weighted by Crippen LogP contribution is -2.49. The summed E-state index contributed by atoms with van der Waals surface area (Å²) >= 11 is 0. The van der Waals surface area contributed by atoms with E-state index in [-0.39, 0.29) is 18.1 Å². The summed E-state index contributed by atoms with van der Waals surface area (Å²) in [5, 5.41) is 2.67. The molecule has 0 spiro atoms. The Balaban J connectivity index is 1.43. The van der Waals surface area contributed by atoms with E-state index in [9.17, 15) is 27.2 Å². The Labute approximate surface area is 193 Å². The number of rotatable bonds is 5. The van der Waals surface area contributed by atoms with Gasteiger partial charge in [-0.1, -0.05) is 18.2 Å². The second-order valence-corrected chi connectivity index (χ2v) is 7.92. The van der Waals surface area contributed by atoms with Crippen molar-refractivity contribution in [2.45, 2.75) is 19.1 Å². The van der Waals surface area contributed by atoms with Gasteiger partial charge in [-0.2, -0.15) is 13.2 Å². The molecule has 0 bridgehead atoms. The second-order valence-electron chi connectivity index (χ2n) is 7.92. The minimum absolute atomic E-state index is 0.0705. The Morgan fingerprint density at radius 1 is 0.941 bits per heavy atom. The molecular formula is C25H21F4N3O2. The van der Waals surface area contributed by atoms with E-state index in [0.29, 0.717) is 36.4 Å². The van der Waals surface area contributed by atoms with Crippen LogP contribution in [0, 0.1) is 5.82 Å². The van der Waals surface area contributed by atoms with E-state index in [2.05, 4.69) is 5.32 Å². The molecule has 0 unspecified atom stereocenters. The summed E-state index contributed by atoms with van der Waals surface area (Å²) in [7, 11) is 0. The van der Waals surface area contributed by atoms with Gasteiger partial charge in [-0.25, -0.2) is 9.18 Å². The smallest absolute Gasteiger partial charge is 0.322 e. The highest BCUT2D eigenvalue weighted by atomic mass is 19.4.